The first-order valence-corrected chi connectivity index (χ1v) is 8.60. The van der Waals surface area contributed by atoms with Gasteiger partial charge in [-0.05, 0) is 37.6 Å². The fourth-order valence-electron chi connectivity index (χ4n) is 3.64. The van der Waals surface area contributed by atoms with Gasteiger partial charge in [0.1, 0.15) is 0 Å². The minimum atomic E-state index is -0.502. The van der Waals surface area contributed by atoms with Gasteiger partial charge in [0.2, 0.25) is 0 Å². The molecular weight excluding hydrogens is 311 g/mol. The maximum atomic E-state index is 13.8. The largest absolute Gasteiger partial charge is 0.494 e. The second kappa shape index (κ2) is 7.49. The molecule has 2 saturated heterocycles. The Hall–Kier alpha value is -1.66. The fraction of sp³-hybridized carbons (Fsp3) is 0.611. The number of methoxy groups -OCH3 is 1. The molecule has 0 radical (unpaired) electrons. The highest BCUT2D eigenvalue weighted by atomic mass is 19.1. The van der Waals surface area contributed by atoms with Crippen molar-refractivity contribution in [3.8, 4) is 5.75 Å². The Morgan fingerprint density at radius 3 is 2.62 bits per heavy atom. The molecule has 132 valence electrons. The van der Waals surface area contributed by atoms with Crippen LogP contribution in [0.4, 0.5) is 4.39 Å². The monoisotopic (exact) mass is 336 g/mol. The van der Waals surface area contributed by atoms with Gasteiger partial charge in [0.05, 0.1) is 7.11 Å². The summed E-state index contributed by atoms with van der Waals surface area (Å²) in [4.78, 5) is 16.8. The lowest BCUT2D eigenvalue weighted by atomic mass is 9.99. The van der Waals surface area contributed by atoms with Crippen LogP contribution in [0.25, 0.3) is 0 Å². The summed E-state index contributed by atoms with van der Waals surface area (Å²) in [5.41, 5.74) is 0.376. The van der Waals surface area contributed by atoms with Gasteiger partial charge in [-0.15, -0.1) is 0 Å². The number of carbonyl (C=O) groups excluding carboxylic acids is 1. The molecule has 2 fully saturated rings. The Kier molecular flexibility index (Phi) is 5.36. The highest BCUT2D eigenvalue weighted by Gasteiger charge is 2.37. The van der Waals surface area contributed by atoms with E-state index in [1.165, 1.54) is 19.2 Å². The Morgan fingerprint density at radius 1 is 1.33 bits per heavy atom. The molecule has 2 aliphatic heterocycles. The summed E-state index contributed by atoms with van der Waals surface area (Å²) in [7, 11) is 1.41. The van der Waals surface area contributed by atoms with E-state index in [4.69, 9.17) is 9.47 Å². The van der Waals surface area contributed by atoms with Crippen LogP contribution in [0.3, 0.4) is 0 Å². The minimum Gasteiger partial charge on any atom is -0.494 e. The molecule has 1 aromatic rings. The lowest BCUT2D eigenvalue weighted by Crippen LogP contribution is -2.63. The van der Waals surface area contributed by atoms with Crippen LogP contribution in [0.1, 0.15) is 30.1 Å². The van der Waals surface area contributed by atoms with Gasteiger partial charge in [0.15, 0.2) is 11.6 Å². The number of ether oxygens (including phenoxy) is 2. The van der Waals surface area contributed by atoms with Crippen molar-refractivity contribution in [1.29, 1.82) is 0 Å². The summed E-state index contributed by atoms with van der Waals surface area (Å²) in [5, 5.41) is 0. The molecule has 0 saturated carbocycles. The van der Waals surface area contributed by atoms with Gasteiger partial charge < -0.3 is 14.4 Å². The predicted octanol–water partition coefficient (Wildman–Crippen LogP) is 2.16. The lowest BCUT2D eigenvalue weighted by Gasteiger charge is -2.48. The number of halogens is 1. The van der Waals surface area contributed by atoms with E-state index in [-0.39, 0.29) is 11.7 Å². The molecule has 5 nitrogen and oxygen atoms in total. The zero-order valence-corrected chi connectivity index (χ0v) is 14.3. The molecule has 2 heterocycles. The Bertz CT molecular complexity index is 584. The predicted molar refractivity (Wildman–Crippen MR) is 88.9 cm³/mol. The van der Waals surface area contributed by atoms with E-state index >= 15 is 0 Å². The zero-order valence-electron chi connectivity index (χ0n) is 14.3. The summed E-state index contributed by atoms with van der Waals surface area (Å²) in [6.45, 7) is 6.20. The first kappa shape index (κ1) is 17.2. The van der Waals surface area contributed by atoms with Crippen LogP contribution in [-0.2, 0) is 4.74 Å². The molecule has 0 spiro atoms. The number of amides is 1. The molecule has 6 heteroatoms. The molecule has 1 amide bonds. The molecule has 0 atom stereocenters. The summed E-state index contributed by atoms with van der Waals surface area (Å²) >= 11 is 0. The number of likely N-dealkylation sites (tertiary alicyclic amines) is 1. The highest BCUT2D eigenvalue weighted by molar-refractivity contribution is 5.95. The Labute approximate surface area is 142 Å². The van der Waals surface area contributed by atoms with Crippen LogP contribution in [0.15, 0.2) is 18.2 Å². The van der Waals surface area contributed by atoms with E-state index in [0.717, 1.165) is 32.6 Å². The van der Waals surface area contributed by atoms with Crippen LogP contribution in [-0.4, -0.2) is 67.7 Å². The number of likely N-dealkylation sites (N-methyl/N-ethyl adjacent to an activating group) is 1. The normalized spacial score (nSPS) is 19.4. The van der Waals surface area contributed by atoms with Gasteiger partial charge in [0.25, 0.3) is 5.91 Å². The third-order valence-corrected chi connectivity index (χ3v) is 5.04. The number of hydrogen-bond donors (Lipinski definition) is 0. The number of carbonyl (C=O) groups is 1. The second-order valence-electron chi connectivity index (χ2n) is 6.39. The summed E-state index contributed by atoms with van der Waals surface area (Å²) in [5.74, 6) is -0.460. The average molecular weight is 336 g/mol. The quantitative estimate of drug-likeness (QED) is 0.826. The SMILES string of the molecule is CCN(C1CCOCC1)C1CN(C(=O)c2ccc(OC)c(F)c2)C1. The fourth-order valence-corrected chi connectivity index (χ4v) is 3.64. The molecule has 0 aromatic heterocycles. The third kappa shape index (κ3) is 3.39. The van der Waals surface area contributed by atoms with Gasteiger partial charge in [-0.1, -0.05) is 6.92 Å². The average Bonchev–Trinajstić information content (AvgIpc) is 2.57. The standard InChI is InChI=1S/C18H25FN2O3/c1-3-21(14-6-8-24-9-7-14)15-11-20(12-15)18(22)13-4-5-17(23-2)16(19)10-13/h4-5,10,14-15H,3,6-9,11-12H2,1-2H3. The molecule has 0 bridgehead atoms. The van der Waals surface area contributed by atoms with Crippen LogP contribution >= 0.6 is 0 Å². The minimum absolute atomic E-state index is 0.115. The highest BCUT2D eigenvalue weighted by Crippen LogP contribution is 2.25. The van der Waals surface area contributed by atoms with E-state index in [2.05, 4.69) is 11.8 Å². The Balaban J connectivity index is 1.58. The van der Waals surface area contributed by atoms with E-state index in [1.54, 1.807) is 11.0 Å². The number of rotatable bonds is 5. The lowest BCUT2D eigenvalue weighted by molar-refractivity contribution is -0.0222. The third-order valence-electron chi connectivity index (χ3n) is 5.04. The first-order valence-electron chi connectivity index (χ1n) is 8.60. The first-order chi connectivity index (χ1) is 11.6. The molecule has 0 N–H and O–H groups in total. The molecule has 1 aromatic carbocycles. The van der Waals surface area contributed by atoms with Crippen LogP contribution in [0.5, 0.6) is 5.75 Å². The van der Waals surface area contributed by atoms with Crippen LogP contribution in [0, 0.1) is 5.82 Å². The van der Waals surface area contributed by atoms with E-state index in [0.29, 0.717) is 30.7 Å². The van der Waals surface area contributed by atoms with Crippen molar-refractivity contribution in [1.82, 2.24) is 9.80 Å². The molecular formula is C18H25FN2O3. The molecule has 0 aliphatic carbocycles. The number of benzene rings is 1. The Morgan fingerprint density at radius 2 is 2.04 bits per heavy atom. The second-order valence-corrected chi connectivity index (χ2v) is 6.39. The zero-order chi connectivity index (χ0) is 17.1. The van der Waals surface area contributed by atoms with Crippen molar-refractivity contribution in [2.45, 2.75) is 31.8 Å². The summed E-state index contributed by atoms with van der Waals surface area (Å²) in [6.07, 6.45) is 2.12. The van der Waals surface area contributed by atoms with Crippen molar-refractivity contribution >= 4 is 5.91 Å². The van der Waals surface area contributed by atoms with E-state index in [1.807, 2.05) is 0 Å². The molecule has 0 unspecified atom stereocenters. The van der Waals surface area contributed by atoms with Crippen molar-refractivity contribution in [3.05, 3.63) is 29.6 Å². The maximum Gasteiger partial charge on any atom is 0.254 e. The molecule has 3 rings (SSSR count). The van der Waals surface area contributed by atoms with Gasteiger partial charge >= 0.3 is 0 Å². The molecule has 24 heavy (non-hydrogen) atoms. The van der Waals surface area contributed by atoms with Crippen molar-refractivity contribution in [2.75, 3.05) is 40.0 Å². The van der Waals surface area contributed by atoms with E-state index in [9.17, 15) is 9.18 Å². The number of nitrogens with zero attached hydrogens (tertiary/aromatic N) is 2. The van der Waals surface area contributed by atoms with Gasteiger partial charge in [-0.2, -0.15) is 0 Å². The number of hydrogen-bond acceptors (Lipinski definition) is 4. The molecule has 2 aliphatic rings. The van der Waals surface area contributed by atoms with Crippen LogP contribution in [0.2, 0.25) is 0 Å². The van der Waals surface area contributed by atoms with Gasteiger partial charge in [-0.3, -0.25) is 9.69 Å². The van der Waals surface area contributed by atoms with Crippen molar-refractivity contribution in [2.24, 2.45) is 0 Å². The summed E-state index contributed by atoms with van der Waals surface area (Å²) < 4.78 is 24.1. The van der Waals surface area contributed by atoms with Gasteiger partial charge in [0, 0.05) is 44.0 Å². The smallest absolute Gasteiger partial charge is 0.254 e. The van der Waals surface area contributed by atoms with Crippen LogP contribution < -0.4 is 4.74 Å². The summed E-state index contributed by atoms with van der Waals surface area (Å²) in [6, 6.07) is 5.31. The van der Waals surface area contributed by atoms with Crippen molar-refractivity contribution < 1.29 is 18.7 Å². The van der Waals surface area contributed by atoms with Crippen molar-refractivity contribution in [3.63, 3.8) is 0 Å². The topological polar surface area (TPSA) is 42.0 Å². The van der Waals surface area contributed by atoms with Gasteiger partial charge in [-0.25, -0.2) is 4.39 Å². The van der Waals surface area contributed by atoms with E-state index < -0.39 is 5.82 Å². The maximum absolute atomic E-state index is 13.8.